The van der Waals surface area contributed by atoms with Crippen LogP contribution in [0.3, 0.4) is 0 Å². The highest BCUT2D eigenvalue weighted by atomic mass is 16.3. The Morgan fingerprint density at radius 3 is 3.06 bits per heavy atom. The van der Waals surface area contributed by atoms with E-state index in [0.29, 0.717) is 0 Å². The van der Waals surface area contributed by atoms with Gasteiger partial charge in [0.1, 0.15) is 0 Å². The van der Waals surface area contributed by atoms with Gasteiger partial charge in [0.05, 0.1) is 18.7 Å². The van der Waals surface area contributed by atoms with E-state index in [1.54, 1.807) is 0 Å². The number of hydrogen-bond donors (Lipinski definition) is 3. The van der Waals surface area contributed by atoms with Gasteiger partial charge in [0, 0.05) is 13.0 Å². The van der Waals surface area contributed by atoms with E-state index in [1.807, 2.05) is 12.1 Å². The third-order valence-electron chi connectivity index (χ3n) is 3.17. The number of aliphatic imine (C=N–C) groups is 1. The molecule has 1 heterocycles. The van der Waals surface area contributed by atoms with Gasteiger partial charge in [0.2, 0.25) is 0 Å². The number of benzene rings is 1. The van der Waals surface area contributed by atoms with Crippen LogP contribution in [0.25, 0.3) is 0 Å². The number of nitrogens with zero attached hydrogens (tertiary/aromatic N) is 1. The van der Waals surface area contributed by atoms with Crippen molar-refractivity contribution in [3.05, 3.63) is 35.4 Å². The molecule has 0 spiro atoms. The summed E-state index contributed by atoms with van der Waals surface area (Å²) in [6.45, 7) is 1.69. The van der Waals surface area contributed by atoms with Crippen molar-refractivity contribution in [2.45, 2.75) is 18.6 Å². The molecule has 3 rings (SSSR count). The Kier molecular flexibility index (Phi) is 2.29. The van der Waals surface area contributed by atoms with Crippen molar-refractivity contribution < 1.29 is 5.11 Å². The molecule has 2 aliphatic rings. The van der Waals surface area contributed by atoms with E-state index >= 15 is 0 Å². The molecule has 1 aromatic rings. The molecule has 0 radical (unpaired) electrons. The lowest BCUT2D eigenvalue weighted by Crippen LogP contribution is -2.39. The number of rotatable bonds is 1. The smallest absolute Gasteiger partial charge is 0.191 e. The van der Waals surface area contributed by atoms with Crippen molar-refractivity contribution in [3.63, 3.8) is 0 Å². The Labute approximate surface area is 94.4 Å². The number of aliphatic hydroxyl groups is 1. The zero-order valence-electron chi connectivity index (χ0n) is 8.98. The van der Waals surface area contributed by atoms with Crippen LogP contribution >= 0.6 is 0 Å². The van der Waals surface area contributed by atoms with Crippen LogP contribution < -0.4 is 10.6 Å². The Hall–Kier alpha value is -1.55. The molecule has 1 aliphatic heterocycles. The molecule has 0 unspecified atom stereocenters. The van der Waals surface area contributed by atoms with Gasteiger partial charge < -0.3 is 15.7 Å². The summed E-state index contributed by atoms with van der Waals surface area (Å²) < 4.78 is 0. The van der Waals surface area contributed by atoms with E-state index in [4.69, 9.17) is 0 Å². The van der Waals surface area contributed by atoms with Crippen molar-refractivity contribution in [1.82, 2.24) is 10.6 Å². The topological polar surface area (TPSA) is 56.6 Å². The third kappa shape index (κ3) is 1.55. The Morgan fingerprint density at radius 2 is 2.25 bits per heavy atom. The van der Waals surface area contributed by atoms with E-state index in [0.717, 1.165) is 25.5 Å². The van der Waals surface area contributed by atoms with Gasteiger partial charge in [-0.05, 0) is 11.1 Å². The second-order valence-electron chi connectivity index (χ2n) is 4.25. The summed E-state index contributed by atoms with van der Waals surface area (Å²) in [7, 11) is 0. The quantitative estimate of drug-likeness (QED) is 0.629. The van der Waals surface area contributed by atoms with Crippen molar-refractivity contribution in [1.29, 1.82) is 0 Å². The van der Waals surface area contributed by atoms with Gasteiger partial charge in [-0.3, -0.25) is 4.99 Å². The molecular formula is C12H15N3O. The zero-order chi connectivity index (χ0) is 11.0. The van der Waals surface area contributed by atoms with Crippen molar-refractivity contribution >= 4 is 5.96 Å². The maximum Gasteiger partial charge on any atom is 0.191 e. The normalized spacial score (nSPS) is 27.2. The SMILES string of the molecule is O[C@H]1Cc2ccccc2[C@H]1NC1=NCCN1. The lowest BCUT2D eigenvalue weighted by molar-refractivity contribution is 0.150. The highest BCUT2D eigenvalue weighted by Gasteiger charge is 2.31. The van der Waals surface area contributed by atoms with Gasteiger partial charge in [0.25, 0.3) is 0 Å². The summed E-state index contributed by atoms with van der Waals surface area (Å²) >= 11 is 0. The second kappa shape index (κ2) is 3.79. The first-order valence-corrected chi connectivity index (χ1v) is 5.65. The van der Waals surface area contributed by atoms with Crippen molar-refractivity contribution in [3.8, 4) is 0 Å². The molecule has 0 bridgehead atoms. The Bertz CT molecular complexity index is 430. The van der Waals surface area contributed by atoms with E-state index in [2.05, 4.69) is 27.8 Å². The van der Waals surface area contributed by atoms with Gasteiger partial charge in [-0.2, -0.15) is 0 Å². The van der Waals surface area contributed by atoms with Gasteiger partial charge in [0.15, 0.2) is 5.96 Å². The predicted molar refractivity (Wildman–Crippen MR) is 62.3 cm³/mol. The highest BCUT2D eigenvalue weighted by Crippen LogP contribution is 2.31. The molecular weight excluding hydrogens is 202 g/mol. The first kappa shape index (κ1) is 9.66. The number of aliphatic hydroxyl groups excluding tert-OH is 1. The van der Waals surface area contributed by atoms with Crippen LogP contribution in [0.15, 0.2) is 29.3 Å². The number of hydrogen-bond acceptors (Lipinski definition) is 4. The summed E-state index contributed by atoms with van der Waals surface area (Å²) in [5.41, 5.74) is 2.41. The molecule has 84 valence electrons. The van der Waals surface area contributed by atoms with Crippen LogP contribution in [0.5, 0.6) is 0 Å². The zero-order valence-corrected chi connectivity index (χ0v) is 8.98. The molecule has 1 aromatic carbocycles. The lowest BCUT2D eigenvalue weighted by Gasteiger charge is -2.18. The molecule has 4 heteroatoms. The maximum atomic E-state index is 10.0. The summed E-state index contributed by atoms with van der Waals surface area (Å²) in [5, 5.41) is 16.5. The van der Waals surface area contributed by atoms with Crippen LogP contribution in [-0.2, 0) is 6.42 Å². The highest BCUT2D eigenvalue weighted by molar-refractivity contribution is 5.81. The van der Waals surface area contributed by atoms with Crippen LogP contribution in [0.4, 0.5) is 0 Å². The average Bonchev–Trinajstić information content (AvgIpc) is 2.89. The van der Waals surface area contributed by atoms with Gasteiger partial charge in [-0.1, -0.05) is 24.3 Å². The minimum atomic E-state index is -0.359. The minimum absolute atomic E-state index is 0.0273. The molecule has 3 N–H and O–H groups in total. The lowest BCUT2D eigenvalue weighted by atomic mass is 10.1. The first-order chi connectivity index (χ1) is 7.84. The van der Waals surface area contributed by atoms with Gasteiger partial charge in [-0.25, -0.2) is 0 Å². The van der Waals surface area contributed by atoms with E-state index in [-0.39, 0.29) is 12.1 Å². The molecule has 0 saturated carbocycles. The average molecular weight is 217 g/mol. The van der Waals surface area contributed by atoms with E-state index in [1.165, 1.54) is 11.1 Å². The Balaban J connectivity index is 1.84. The first-order valence-electron chi connectivity index (χ1n) is 5.65. The molecule has 0 amide bonds. The molecule has 1 aliphatic carbocycles. The largest absolute Gasteiger partial charge is 0.390 e. The van der Waals surface area contributed by atoms with Gasteiger partial charge in [-0.15, -0.1) is 0 Å². The number of fused-ring (bicyclic) bond motifs is 1. The van der Waals surface area contributed by atoms with Crippen LogP contribution in [0.1, 0.15) is 17.2 Å². The summed E-state index contributed by atoms with van der Waals surface area (Å²) in [6, 6.07) is 8.14. The fourth-order valence-electron chi connectivity index (χ4n) is 2.39. The fraction of sp³-hybridized carbons (Fsp3) is 0.417. The second-order valence-corrected chi connectivity index (χ2v) is 4.25. The molecule has 16 heavy (non-hydrogen) atoms. The fourth-order valence-corrected chi connectivity index (χ4v) is 2.39. The monoisotopic (exact) mass is 217 g/mol. The van der Waals surface area contributed by atoms with Crippen molar-refractivity contribution in [2.24, 2.45) is 4.99 Å². The van der Waals surface area contributed by atoms with Crippen LogP contribution in [-0.4, -0.2) is 30.3 Å². The molecule has 2 atom stereocenters. The number of guanidine groups is 1. The number of nitrogens with one attached hydrogen (secondary N) is 2. The molecule has 0 saturated heterocycles. The summed E-state index contributed by atoms with van der Waals surface area (Å²) in [4.78, 5) is 4.29. The minimum Gasteiger partial charge on any atom is -0.390 e. The summed E-state index contributed by atoms with van der Waals surface area (Å²) in [6.07, 6.45) is 0.365. The predicted octanol–water partition coefficient (Wildman–Crippen LogP) is 0.193. The Morgan fingerprint density at radius 1 is 1.38 bits per heavy atom. The van der Waals surface area contributed by atoms with Crippen LogP contribution in [0.2, 0.25) is 0 Å². The third-order valence-corrected chi connectivity index (χ3v) is 3.17. The summed E-state index contributed by atoms with van der Waals surface area (Å²) in [5.74, 6) is 0.806. The van der Waals surface area contributed by atoms with E-state index < -0.39 is 0 Å². The van der Waals surface area contributed by atoms with Crippen molar-refractivity contribution in [2.75, 3.05) is 13.1 Å². The molecule has 4 nitrogen and oxygen atoms in total. The standard InChI is InChI=1S/C12H15N3O/c16-10-7-8-3-1-2-4-9(8)11(10)15-12-13-5-6-14-12/h1-4,10-11,16H,5-7H2,(H2,13,14,15)/t10-,11+/m0/s1. The molecule has 0 aromatic heterocycles. The van der Waals surface area contributed by atoms with Gasteiger partial charge >= 0.3 is 0 Å². The van der Waals surface area contributed by atoms with Crippen LogP contribution in [0, 0.1) is 0 Å². The maximum absolute atomic E-state index is 10.0. The van der Waals surface area contributed by atoms with E-state index in [9.17, 15) is 5.11 Å². The molecule has 0 fully saturated rings.